The quantitative estimate of drug-likeness (QED) is 0.906. The number of carboxylic acids is 1. The van der Waals surface area contributed by atoms with Gasteiger partial charge in [-0.25, -0.2) is 9.18 Å². The molecule has 1 amide bonds. The Bertz CT molecular complexity index is 714. The summed E-state index contributed by atoms with van der Waals surface area (Å²) in [6, 6.07) is 3.62. The van der Waals surface area contributed by atoms with Crippen LogP contribution in [0.4, 0.5) is 9.39 Å². The molecule has 1 aromatic carbocycles. The van der Waals surface area contributed by atoms with Crippen LogP contribution in [0.25, 0.3) is 0 Å². The standard InChI is InChI=1S/C13H11FN2O4S/c1-6-10(13(18)19)12(21-16-6)15-11(17)7-3-4-8(14)9(5-7)20-2/h3-5H,1-2H3,(H,15,17)(H,18,19). The lowest BCUT2D eigenvalue weighted by molar-refractivity contribution is 0.0697. The van der Waals surface area contributed by atoms with Crippen molar-refractivity contribution in [3.8, 4) is 5.75 Å². The summed E-state index contributed by atoms with van der Waals surface area (Å²) >= 11 is 0.872. The number of benzene rings is 1. The first kappa shape index (κ1) is 14.9. The van der Waals surface area contributed by atoms with Crippen LogP contribution in [-0.2, 0) is 0 Å². The molecule has 2 rings (SSSR count). The monoisotopic (exact) mass is 310 g/mol. The number of hydrogen-bond acceptors (Lipinski definition) is 5. The molecule has 0 spiro atoms. The normalized spacial score (nSPS) is 10.2. The molecular weight excluding hydrogens is 299 g/mol. The zero-order valence-electron chi connectivity index (χ0n) is 11.1. The van der Waals surface area contributed by atoms with E-state index in [1.54, 1.807) is 0 Å². The molecule has 21 heavy (non-hydrogen) atoms. The van der Waals surface area contributed by atoms with E-state index in [1.165, 1.54) is 26.2 Å². The molecule has 0 aliphatic carbocycles. The molecule has 0 radical (unpaired) electrons. The summed E-state index contributed by atoms with van der Waals surface area (Å²) in [5, 5.41) is 11.7. The molecule has 8 heteroatoms. The number of aromatic nitrogens is 1. The van der Waals surface area contributed by atoms with Gasteiger partial charge in [0.25, 0.3) is 5.91 Å². The Morgan fingerprint density at radius 1 is 1.43 bits per heavy atom. The molecule has 0 atom stereocenters. The number of nitrogens with zero attached hydrogens (tertiary/aromatic N) is 1. The minimum Gasteiger partial charge on any atom is -0.494 e. The average Bonchev–Trinajstić information content (AvgIpc) is 2.80. The molecule has 0 unspecified atom stereocenters. The van der Waals surface area contributed by atoms with Gasteiger partial charge in [-0.15, -0.1) is 0 Å². The first-order chi connectivity index (χ1) is 9.93. The molecule has 0 aliphatic heterocycles. The number of amides is 1. The summed E-state index contributed by atoms with van der Waals surface area (Å²) in [6.45, 7) is 1.54. The van der Waals surface area contributed by atoms with Gasteiger partial charge in [0.15, 0.2) is 11.6 Å². The van der Waals surface area contributed by atoms with Gasteiger partial charge in [0.05, 0.1) is 12.8 Å². The fourth-order valence-corrected chi connectivity index (χ4v) is 2.47. The lowest BCUT2D eigenvalue weighted by Gasteiger charge is -2.06. The summed E-state index contributed by atoms with van der Waals surface area (Å²) in [5.41, 5.74) is 0.414. The molecule has 0 saturated heterocycles. The summed E-state index contributed by atoms with van der Waals surface area (Å²) in [6.07, 6.45) is 0. The first-order valence-corrected chi connectivity index (χ1v) is 6.55. The number of nitrogens with one attached hydrogen (secondary N) is 1. The number of methoxy groups -OCH3 is 1. The lowest BCUT2D eigenvalue weighted by Crippen LogP contribution is -2.14. The van der Waals surface area contributed by atoms with Gasteiger partial charge in [-0.2, -0.15) is 4.37 Å². The second kappa shape index (κ2) is 5.88. The average molecular weight is 310 g/mol. The molecule has 2 aromatic rings. The van der Waals surface area contributed by atoms with Crippen LogP contribution >= 0.6 is 11.5 Å². The van der Waals surface area contributed by atoms with Crippen LogP contribution in [0, 0.1) is 12.7 Å². The Morgan fingerprint density at radius 3 is 2.76 bits per heavy atom. The van der Waals surface area contributed by atoms with Crippen molar-refractivity contribution in [2.24, 2.45) is 0 Å². The first-order valence-electron chi connectivity index (χ1n) is 5.78. The Kier molecular flexibility index (Phi) is 4.18. The van der Waals surface area contributed by atoms with E-state index < -0.39 is 17.7 Å². The minimum atomic E-state index is -1.17. The van der Waals surface area contributed by atoms with E-state index in [4.69, 9.17) is 9.84 Å². The minimum absolute atomic E-state index is 0.0533. The van der Waals surface area contributed by atoms with Gasteiger partial charge in [-0.3, -0.25) is 4.79 Å². The summed E-state index contributed by atoms with van der Waals surface area (Å²) in [7, 11) is 1.29. The number of carbonyl (C=O) groups excluding carboxylic acids is 1. The van der Waals surface area contributed by atoms with Gasteiger partial charge < -0.3 is 15.2 Å². The predicted molar refractivity (Wildman–Crippen MR) is 74.7 cm³/mol. The van der Waals surface area contributed by atoms with Crippen LogP contribution in [0.15, 0.2) is 18.2 Å². The van der Waals surface area contributed by atoms with Crippen molar-refractivity contribution in [3.63, 3.8) is 0 Å². The van der Waals surface area contributed by atoms with E-state index in [0.29, 0.717) is 5.69 Å². The number of hydrogen-bond donors (Lipinski definition) is 2. The third kappa shape index (κ3) is 3.00. The molecule has 0 saturated carbocycles. The van der Waals surface area contributed by atoms with Crippen molar-refractivity contribution in [1.82, 2.24) is 4.37 Å². The van der Waals surface area contributed by atoms with Gasteiger partial charge in [-0.1, -0.05) is 0 Å². The predicted octanol–water partition coefficient (Wildman–Crippen LogP) is 2.55. The molecule has 2 N–H and O–H groups in total. The SMILES string of the molecule is COc1cc(C(=O)Nc2snc(C)c2C(=O)O)ccc1F. The van der Waals surface area contributed by atoms with Crippen LogP contribution < -0.4 is 10.1 Å². The Morgan fingerprint density at radius 2 is 2.14 bits per heavy atom. The third-order valence-corrected chi connectivity index (χ3v) is 3.57. The fourth-order valence-electron chi connectivity index (χ4n) is 1.68. The maximum atomic E-state index is 13.3. The van der Waals surface area contributed by atoms with E-state index in [1.807, 2.05) is 0 Å². The number of rotatable bonds is 4. The zero-order valence-corrected chi connectivity index (χ0v) is 12.0. The van der Waals surface area contributed by atoms with E-state index in [2.05, 4.69) is 9.69 Å². The van der Waals surface area contributed by atoms with E-state index in [-0.39, 0.29) is 21.9 Å². The maximum absolute atomic E-state index is 13.3. The summed E-state index contributed by atoms with van der Waals surface area (Å²) in [4.78, 5) is 23.2. The number of carboxylic acid groups (broad SMARTS) is 1. The molecule has 0 fully saturated rings. The largest absolute Gasteiger partial charge is 0.494 e. The van der Waals surface area contributed by atoms with E-state index >= 15 is 0 Å². The number of carbonyl (C=O) groups is 2. The van der Waals surface area contributed by atoms with Gasteiger partial charge in [0, 0.05) is 5.56 Å². The molecule has 0 bridgehead atoms. The highest BCUT2D eigenvalue weighted by Crippen LogP contribution is 2.26. The maximum Gasteiger partial charge on any atom is 0.340 e. The molecule has 6 nitrogen and oxygen atoms in total. The molecule has 1 aromatic heterocycles. The zero-order chi connectivity index (χ0) is 15.6. The van der Waals surface area contributed by atoms with Crippen LogP contribution in [0.5, 0.6) is 5.75 Å². The number of aromatic carboxylic acids is 1. The van der Waals surface area contributed by atoms with Gasteiger partial charge >= 0.3 is 5.97 Å². The number of anilines is 1. The number of aryl methyl sites for hydroxylation is 1. The highest BCUT2D eigenvalue weighted by molar-refractivity contribution is 7.11. The highest BCUT2D eigenvalue weighted by atomic mass is 32.1. The number of ether oxygens (including phenoxy) is 1. The Labute approximate surface area is 123 Å². The Balaban J connectivity index is 2.28. The molecule has 1 heterocycles. The van der Waals surface area contributed by atoms with Crippen molar-refractivity contribution in [2.75, 3.05) is 12.4 Å². The second-order valence-electron chi connectivity index (χ2n) is 4.08. The van der Waals surface area contributed by atoms with Crippen LogP contribution in [-0.4, -0.2) is 28.5 Å². The smallest absolute Gasteiger partial charge is 0.340 e. The van der Waals surface area contributed by atoms with Crippen molar-refractivity contribution >= 4 is 28.4 Å². The van der Waals surface area contributed by atoms with E-state index in [9.17, 15) is 14.0 Å². The number of halogens is 1. The topological polar surface area (TPSA) is 88.5 Å². The van der Waals surface area contributed by atoms with Gasteiger partial charge in [0.1, 0.15) is 10.6 Å². The summed E-state index contributed by atoms with van der Waals surface area (Å²) in [5.74, 6) is -2.40. The lowest BCUT2D eigenvalue weighted by atomic mass is 10.2. The molecule has 110 valence electrons. The van der Waals surface area contributed by atoms with Crippen LogP contribution in [0.3, 0.4) is 0 Å². The molecular formula is C13H11FN2O4S. The fraction of sp³-hybridized carbons (Fsp3) is 0.154. The van der Waals surface area contributed by atoms with Gasteiger partial charge in [-0.05, 0) is 36.7 Å². The van der Waals surface area contributed by atoms with Crippen molar-refractivity contribution in [3.05, 3.63) is 40.8 Å². The summed E-state index contributed by atoms with van der Waals surface area (Å²) < 4.78 is 22.0. The van der Waals surface area contributed by atoms with Crippen molar-refractivity contribution in [1.29, 1.82) is 0 Å². The van der Waals surface area contributed by atoms with Crippen molar-refractivity contribution in [2.45, 2.75) is 6.92 Å². The Hall–Kier alpha value is -2.48. The van der Waals surface area contributed by atoms with Crippen LogP contribution in [0.1, 0.15) is 26.4 Å². The van der Waals surface area contributed by atoms with Crippen molar-refractivity contribution < 1.29 is 23.8 Å². The second-order valence-corrected chi connectivity index (χ2v) is 4.85. The third-order valence-electron chi connectivity index (χ3n) is 2.72. The molecule has 0 aliphatic rings. The van der Waals surface area contributed by atoms with Crippen LogP contribution in [0.2, 0.25) is 0 Å². The van der Waals surface area contributed by atoms with E-state index in [0.717, 1.165) is 17.6 Å². The highest BCUT2D eigenvalue weighted by Gasteiger charge is 2.20. The van der Waals surface area contributed by atoms with Gasteiger partial charge in [0.2, 0.25) is 0 Å².